The second-order valence-electron chi connectivity index (χ2n) is 5.81. The highest BCUT2D eigenvalue weighted by Crippen LogP contribution is 2.24. The van der Waals surface area contributed by atoms with E-state index < -0.39 is 12.1 Å². The van der Waals surface area contributed by atoms with E-state index >= 15 is 0 Å². The monoisotopic (exact) mass is 301 g/mol. The van der Waals surface area contributed by atoms with Crippen LogP contribution in [0.4, 0.5) is 5.69 Å². The zero-order chi connectivity index (χ0) is 15.5. The van der Waals surface area contributed by atoms with E-state index in [2.05, 4.69) is 0 Å². The summed E-state index contributed by atoms with van der Waals surface area (Å²) in [5.74, 6) is -0.410. The summed E-state index contributed by atoms with van der Waals surface area (Å²) in [4.78, 5) is 37.4. The standard InChI is InChI=1S/C17H19NO4/c19-14-7-1-2-8-15(14)22-17(21)12-5-3-6-13(11-12)18-10-4-9-16(18)20/h3,5-6,11,15H,1-2,4,7-10H2/t15-/m1/s1. The van der Waals surface area contributed by atoms with Gasteiger partial charge in [0.2, 0.25) is 5.91 Å². The maximum Gasteiger partial charge on any atom is 0.338 e. The molecular weight excluding hydrogens is 282 g/mol. The molecule has 1 atom stereocenters. The molecule has 1 aromatic rings. The van der Waals surface area contributed by atoms with Crippen LogP contribution >= 0.6 is 0 Å². The minimum Gasteiger partial charge on any atom is -0.451 e. The zero-order valence-electron chi connectivity index (χ0n) is 12.4. The Bertz CT molecular complexity index is 610. The number of Topliss-reactive ketones (excluding diaryl/α,β-unsaturated/α-hetero) is 1. The summed E-state index contributed by atoms with van der Waals surface area (Å²) >= 11 is 0. The first-order chi connectivity index (χ1) is 10.6. The Balaban J connectivity index is 1.72. The number of anilines is 1. The molecule has 1 heterocycles. The highest BCUT2D eigenvalue weighted by molar-refractivity contribution is 5.98. The number of carbonyl (C=O) groups is 3. The minimum atomic E-state index is -0.613. The van der Waals surface area contributed by atoms with Crippen molar-refractivity contribution >= 4 is 23.3 Å². The lowest BCUT2D eigenvalue weighted by molar-refractivity contribution is -0.129. The molecule has 1 aromatic carbocycles. The number of nitrogens with zero attached hydrogens (tertiary/aromatic N) is 1. The van der Waals surface area contributed by atoms with Crippen molar-refractivity contribution in [1.29, 1.82) is 0 Å². The molecule has 5 heteroatoms. The van der Waals surface area contributed by atoms with Crippen LogP contribution in [0.5, 0.6) is 0 Å². The van der Waals surface area contributed by atoms with Crippen LogP contribution in [0, 0.1) is 0 Å². The van der Waals surface area contributed by atoms with Crippen LogP contribution in [0.3, 0.4) is 0 Å². The van der Waals surface area contributed by atoms with Crippen molar-refractivity contribution in [3.8, 4) is 0 Å². The Labute approximate surface area is 129 Å². The molecule has 2 aliphatic rings. The average molecular weight is 301 g/mol. The number of carbonyl (C=O) groups excluding carboxylic acids is 3. The lowest BCUT2D eigenvalue weighted by Crippen LogP contribution is -2.30. The Hall–Kier alpha value is -2.17. The molecule has 1 saturated carbocycles. The van der Waals surface area contributed by atoms with Crippen LogP contribution < -0.4 is 4.90 Å². The molecule has 1 amide bonds. The first-order valence-electron chi connectivity index (χ1n) is 7.79. The van der Waals surface area contributed by atoms with E-state index in [1.54, 1.807) is 23.1 Å². The number of ether oxygens (including phenoxy) is 1. The van der Waals surface area contributed by atoms with Crippen molar-refractivity contribution in [3.63, 3.8) is 0 Å². The van der Waals surface area contributed by atoms with Gasteiger partial charge in [-0.3, -0.25) is 9.59 Å². The third-order valence-electron chi connectivity index (χ3n) is 4.21. The largest absolute Gasteiger partial charge is 0.451 e. The van der Waals surface area contributed by atoms with Gasteiger partial charge in [-0.15, -0.1) is 0 Å². The molecule has 1 aliphatic heterocycles. The van der Waals surface area contributed by atoms with Crippen molar-refractivity contribution in [3.05, 3.63) is 29.8 Å². The molecular formula is C17H19NO4. The maximum absolute atomic E-state index is 12.2. The van der Waals surface area contributed by atoms with Crippen molar-refractivity contribution in [2.75, 3.05) is 11.4 Å². The van der Waals surface area contributed by atoms with Crippen molar-refractivity contribution in [1.82, 2.24) is 0 Å². The summed E-state index contributed by atoms with van der Waals surface area (Å²) in [6, 6.07) is 6.87. The second-order valence-corrected chi connectivity index (χ2v) is 5.81. The van der Waals surface area contributed by atoms with Gasteiger partial charge < -0.3 is 9.64 Å². The number of rotatable bonds is 3. The number of hydrogen-bond acceptors (Lipinski definition) is 4. The van der Waals surface area contributed by atoms with Crippen molar-refractivity contribution in [2.24, 2.45) is 0 Å². The summed E-state index contributed by atoms with van der Waals surface area (Å²) in [6.07, 6.45) is 3.65. The average Bonchev–Trinajstić information content (AvgIpc) is 2.96. The molecule has 0 radical (unpaired) electrons. The summed E-state index contributed by atoms with van der Waals surface area (Å²) in [6.45, 7) is 0.679. The number of esters is 1. The van der Waals surface area contributed by atoms with Gasteiger partial charge in [0.25, 0.3) is 0 Å². The molecule has 0 N–H and O–H groups in total. The fraction of sp³-hybridized carbons (Fsp3) is 0.471. The Morgan fingerprint density at radius 3 is 2.73 bits per heavy atom. The van der Waals surface area contributed by atoms with E-state index in [0.29, 0.717) is 37.1 Å². The van der Waals surface area contributed by atoms with Gasteiger partial charge in [0.15, 0.2) is 11.9 Å². The van der Waals surface area contributed by atoms with Crippen molar-refractivity contribution < 1.29 is 19.1 Å². The molecule has 0 aromatic heterocycles. The zero-order valence-corrected chi connectivity index (χ0v) is 12.4. The van der Waals surface area contributed by atoms with E-state index in [-0.39, 0.29) is 11.7 Å². The number of benzene rings is 1. The van der Waals surface area contributed by atoms with Gasteiger partial charge in [0.05, 0.1) is 5.56 Å². The van der Waals surface area contributed by atoms with Crippen molar-refractivity contribution in [2.45, 2.75) is 44.6 Å². The van der Waals surface area contributed by atoms with E-state index in [0.717, 1.165) is 19.3 Å². The minimum absolute atomic E-state index is 0.00507. The smallest absolute Gasteiger partial charge is 0.338 e. The highest BCUT2D eigenvalue weighted by Gasteiger charge is 2.27. The van der Waals surface area contributed by atoms with Gasteiger partial charge in [-0.1, -0.05) is 6.07 Å². The number of ketones is 1. The van der Waals surface area contributed by atoms with Gasteiger partial charge in [0.1, 0.15) is 0 Å². The maximum atomic E-state index is 12.2. The van der Waals surface area contributed by atoms with Crippen LogP contribution in [-0.2, 0) is 14.3 Å². The second kappa shape index (κ2) is 6.30. The van der Waals surface area contributed by atoms with Gasteiger partial charge in [-0.2, -0.15) is 0 Å². The number of hydrogen-bond donors (Lipinski definition) is 0. The summed E-state index contributed by atoms with van der Waals surface area (Å²) in [5.41, 5.74) is 1.10. The molecule has 2 fully saturated rings. The molecule has 5 nitrogen and oxygen atoms in total. The summed E-state index contributed by atoms with van der Waals surface area (Å²) in [7, 11) is 0. The van der Waals surface area contributed by atoms with Crippen LogP contribution in [0.2, 0.25) is 0 Å². The molecule has 0 bridgehead atoms. The van der Waals surface area contributed by atoms with E-state index in [4.69, 9.17) is 4.74 Å². The lowest BCUT2D eigenvalue weighted by atomic mass is 9.96. The molecule has 1 saturated heterocycles. The Morgan fingerprint density at radius 2 is 2.00 bits per heavy atom. The normalized spacial score (nSPS) is 22.0. The van der Waals surface area contributed by atoms with E-state index in [1.165, 1.54) is 0 Å². The van der Waals surface area contributed by atoms with Crippen LogP contribution in [0.15, 0.2) is 24.3 Å². The summed E-state index contributed by atoms with van der Waals surface area (Å²) in [5, 5.41) is 0. The highest BCUT2D eigenvalue weighted by atomic mass is 16.5. The van der Waals surface area contributed by atoms with E-state index in [1.807, 2.05) is 6.07 Å². The third kappa shape index (κ3) is 3.03. The van der Waals surface area contributed by atoms with Crippen LogP contribution in [0.1, 0.15) is 48.9 Å². The fourth-order valence-corrected chi connectivity index (χ4v) is 2.99. The SMILES string of the molecule is O=C(O[C@@H]1CCCCC1=O)c1cccc(N2CCCC2=O)c1. The lowest BCUT2D eigenvalue weighted by Gasteiger charge is -2.21. The molecule has 1 aliphatic carbocycles. The fourth-order valence-electron chi connectivity index (χ4n) is 2.99. The predicted octanol–water partition coefficient (Wildman–Crippen LogP) is 2.48. The summed E-state index contributed by atoms with van der Waals surface area (Å²) < 4.78 is 5.34. The predicted molar refractivity (Wildman–Crippen MR) is 80.7 cm³/mol. The first kappa shape index (κ1) is 14.8. The van der Waals surface area contributed by atoms with Gasteiger partial charge >= 0.3 is 5.97 Å². The van der Waals surface area contributed by atoms with Gasteiger partial charge in [0, 0.05) is 25.1 Å². The third-order valence-corrected chi connectivity index (χ3v) is 4.21. The molecule has 0 spiro atoms. The van der Waals surface area contributed by atoms with Crippen LogP contribution in [-0.4, -0.2) is 30.3 Å². The van der Waals surface area contributed by atoms with Crippen LogP contribution in [0.25, 0.3) is 0 Å². The Kier molecular flexibility index (Phi) is 4.22. The first-order valence-corrected chi connectivity index (χ1v) is 7.79. The van der Waals surface area contributed by atoms with Gasteiger partial charge in [-0.05, 0) is 43.9 Å². The molecule has 3 rings (SSSR count). The van der Waals surface area contributed by atoms with E-state index in [9.17, 15) is 14.4 Å². The Morgan fingerprint density at radius 1 is 1.14 bits per heavy atom. The number of amides is 1. The molecule has 0 unspecified atom stereocenters. The molecule has 116 valence electrons. The quantitative estimate of drug-likeness (QED) is 0.805. The molecule has 22 heavy (non-hydrogen) atoms. The van der Waals surface area contributed by atoms with Gasteiger partial charge in [-0.25, -0.2) is 4.79 Å². The topological polar surface area (TPSA) is 63.7 Å².